The zero-order valence-corrected chi connectivity index (χ0v) is 13.2. The molecular weight excluding hydrogens is 308 g/mol. The number of carbonyl (C=O) groups excluding carboxylic acids is 2. The van der Waals surface area contributed by atoms with Crippen molar-refractivity contribution in [1.82, 2.24) is 19.8 Å². The van der Waals surface area contributed by atoms with E-state index in [1.807, 2.05) is 11.0 Å². The predicted molar refractivity (Wildman–Crippen MR) is 88.0 cm³/mol. The zero-order valence-electron chi connectivity index (χ0n) is 13.2. The third kappa shape index (κ3) is 2.18. The molecule has 2 aliphatic rings. The minimum absolute atomic E-state index is 0.0214. The van der Waals surface area contributed by atoms with Crippen LogP contribution in [-0.2, 0) is 4.79 Å². The fourth-order valence-corrected chi connectivity index (χ4v) is 3.69. The second-order valence-electron chi connectivity index (χ2n) is 6.47. The number of pyridine rings is 1. The van der Waals surface area contributed by atoms with Gasteiger partial charge in [0.15, 0.2) is 0 Å². The lowest BCUT2D eigenvalue weighted by atomic mass is 9.91. The molecule has 2 saturated heterocycles. The molecule has 0 radical (unpaired) electrons. The van der Waals surface area contributed by atoms with Crippen LogP contribution < -0.4 is 11.5 Å². The van der Waals surface area contributed by atoms with Crippen molar-refractivity contribution in [2.75, 3.05) is 26.2 Å². The smallest absolute Gasteiger partial charge is 0.254 e. The molecule has 4 rings (SSSR count). The van der Waals surface area contributed by atoms with E-state index in [1.165, 1.54) is 0 Å². The molecule has 8 heteroatoms. The minimum atomic E-state index is -0.657. The Bertz CT molecular complexity index is 803. The highest BCUT2D eigenvalue weighted by Crippen LogP contribution is 2.33. The van der Waals surface area contributed by atoms with Crippen molar-refractivity contribution in [3.8, 4) is 0 Å². The molecule has 2 amide bonds. The Morgan fingerprint density at radius 2 is 2.17 bits per heavy atom. The first kappa shape index (κ1) is 15.1. The van der Waals surface area contributed by atoms with Crippen molar-refractivity contribution in [3.05, 3.63) is 30.1 Å². The number of nitrogens with two attached hydrogens (primary N) is 2. The standard InChI is InChI=1S/C16H20N6O2/c17-5-12(18)16(24)22-7-9-6-21(8-13(9)22)15(23)11-2-4-20-14-10(11)1-3-19-14/h1-4,9,12-13H,5-8,17-18H2,(H,19,20)/t9-,12?,13-/m1/s1. The van der Waals surface area contributed by atoms with Crippen LogP contribution in [0.1, 0.15) is 10.4 Å². The summed E-state index contributed by atoms with van der Waals surface area (Å²) >= 11 is 0. The number of hydrogen-bond acceptors (Lipinski definition) is 5. The van der Waals surface area contributed by atoms with Gasteiger partial charge in [0.25, 0.3) is 5.91 Å². The highest BCUT2D eigenvalue weighted by molar-refractivity contribution is 6.05. The van der Waals surface area contributed by atoms with Crippen LogP contribution >= 0.6 is 0 Å². The number of nitrogens with zero attached hydrogens (tertiary/aromatic N) is 3. The molecule has 0 spiro atoms. The Morgan fingerprint density at radius 3 is 2.96 bits per heavy atom. The predicted octanol–water partition coefficient (Wildman–Crippen LogP) is -0.868. The average molecular weight is 328 g/mol. The van der Waals surface area contributed by atoms with Crippen molar-refractivity contribution < 1.29 is 9.59 Å². The largest absolute Gasteiger partial charge is 0.346 e. The summed E-state index contributed by atoms with van der Waals surface area (Å²) < 4.78 is 0. The molecule has 2 aromatic rings. The first-order valence-corrected chi connectivity index (χ1v) is 8.07. The van der Waals surface area contributed by atoms with Gasteiger partial charge in [-0.1, -0.05) is 0 Å². The van der Waals surface area contributed by atoms with Crippen molar-refractivity contribution in [1.29, 1.82) is 0 Å². The van der Waals surface area contributed by atoms with Crippen LogP contribution in [-0.4, -0.2) is 69.8 Å². The van der Waals surface area contributed by atoms with E-state index in [4.69, 9.17) is 11.5 Å². The van der Waals surface area contributed by atoms with Gasteiger partial charge in [0.2, 0.25) is 5.91 Å². The number of aromatic amines is 1. The lowest BCUT2D eigenvalue weighted by Gasteiger charge is -2.44. The maximum absolute atomic E-state index is 12.9. The van der Waals surface area contributed by atoms with Crippen molar-refractivity contribution in [2.24, 2.45) is 17.4 Å². The summed E-state index contributed by atoms with van der Waals surface area (Å²) in [5, 5.41) is 0.819. The molecule has 2 aliphatic heterocycles. The summed E-state index contributed by atoms with van der Waals surface area (Å²) in [6.45, 7) is 1.99. The number of carbonyl (C=O) groups is 2. The van der Waals surface area contributed by atoms with E-state index in [9.17, 15) is 9.59 Å². The topological polar surface area (TPSA) is 121 Å². The SMILES string of the molecule is NCC(N)C(=O)N1C[C@H]2CN(C(=O)c3ccnc4[nH]ccc34)C[C@H]21. The van der Waals surface area contributed by atoms with Gasteiger partial charge in [-0.3, -0.25) is 9.59 Å². The van der Waals surface area contributed by atoms with Gasteiger partial charge in [0.1, 0.15) is 5.65 Å². The molecule has 0 saturated carbocycles. The Balaban J connectivity index is 1.51. The van der Waals surface area contributed by atoms with Gasteiger partial charge in [0, 0.05) is 49.9 Å². The molecule has 0 aromatic carbocycles. The Morgan fingerprint density at radius 1 is 1.33 bits per heavy atom. The molecule has 4 heterocycles. The fourth-order valence-electron chi connectivity index (χ4n) is 3.69. The van der Waals surface area contributed by atoms with Crippen molar-refractivity contribution in [2.45, 2.75) is 12.1 Å². The van der Waals surface area contributed by atoms with Crippen LogP contribution in [0.3, 0.4) is 0 Å². The summed E-state index contributed by atoms with van der Waals surface area (Å²) in [4.78, 5) is 35.9. The fraction of sp³-hybridized carbons (Fsp3) is 0.438. The Kier molecular flexibility index (Phi) is 3.50. The third-order valence-corrected chi connectivity index (χ3v) is 5.07. The van der Waals surface area contributed by atoms with Gasteiger partial charge in [-0.15, -0.1) is 0 Å². The molecular formula is C16H20N6O2. The molecule has 0 bridgehead atoms. The number of rotatable bonds is 3. The van der Waals surface area contributed by atoms with Gasteiger partial charge < -0.3 is 26.3 Å². The van der Waals surface area contributed by atoms with E-state index in [2.05, 4.69) is 9.97 Å². The number of hydrogen-bond donors (Lipinski definition) is 3. The first-order chi connectivity index (χ1) is 11.6. The maximum atomic E-state index is 12.9. The summed E-state index contributed by atoms with van der Waals surface area (Å²) in [5.74, 6) is 0.184. The second-order valence-corrected chi connectivity index (χ2v) is 6.47. The molecule has 24 heavy (non-hydrogen) atoms. The molecule has 3 atom stereocenters. The highest BCUT2D eigenvalue weighted by atomic mass is 16.2. The molecule has 126 valence electrons. The summed E-state index contributed by atoms with van der Waals surface area (Å²) in [7, 11) is 0. The van der Waals surface area contributed by atoms with Gasteiger partial charge in [0.05, 0.1) is 17.6 Å². The van der Waals surface area contributed by atoms with Crippen molar-refractivity contribution >= 4 is 22.8 Å². The maximum Gasteiger partial charge on any atom is 0.254 e. The van der Waals surface area contributed by atoms with E-state index in [0.29, 0.717) is 36.8 Å². The third-order valence-electron chi connectivity index (χ3n) is 5.07. The van der Waals surface area contributed by atoms with Gasteiger partial charge in [-0.2, -0.15) is 0 Å². The summed E-state index contributed by atoms with van der Waals surface area (Å²) in [5.41, 5.74) is 12.6. The monoisotopic (exact) mass is 328 g/mol. The number of nitrogens with one attached hydrogen (secondary N) is 1. The quantitative estimate of drug-likeness (QED) is 0.676. The number of amides is 2. The van der Waals surface area contributed by atoms with Crippen LogP contribution in [0.15, 0.2) is 24.5 Å². The zero-order chi connectivity index (χ0) is 16.8. The number of H-pyrrole nitrogens is 1. The number of likely N-dealkylation sites (tertiary alicyclic amines) is 2. The van der Waals surface area contributed by atoms with Crippen LogP contribution in [0.2, 0.25) is 0 Å². The molecule has 0 aliphatic carbocycles. The first-order valence-electron chi connectivity index (χ1n) is 8.07. The highest BCUT2D eigenvalue weighted by Gasteiger charge is 2.49. The van der Waals surface area contributed by atoms with Gasteiger partial charge in [-0.25, -0.2) is 4.98 Å². The lowest BCUT2D eigenvalue weighted by molar-refractivity contribution is -0.142. The van der Waals surface area contributed by atoms with Crippen LogP contribution in [0.5, 0.6) is 0 Å². The van der Waals surface area contributed by atoms with E-state index in [-0.39, 0.29) is 24.4 Å². The van der Waals surface area contributed by atoms with E-state index < -0.39 is 6.04 Å². The molecule has 1 unspecified atom stereocenters. The molecule has 5 N–H and O–H groups in total. The Hall–Kier alpha value is -2.45. The Labute approximate surface area is 138 Å². The summed E-state index contributed by atoms with van der Waals surface area (Å²) in [6, 6.07) is 3.00. The minimum Gasteiger partial charge on any atom is -0.346 e. The average Bonchev–Trinajstić information content (AvgIpc) is 3.18. The van der Waals surface area contributed by atoms with Gasteiger partial charge in [-0.05, 0) is 12.1 Å². The van der Waals surface area contributed by atoms with Crippen molar-refractivity contribution in [3.63, 3.8) is 0 Å². The van der Waals surface area contributed by atoms with E-state index >= 15 is 0 Å². The molecule has 8 nitrogen and oxygen atoms in total. The van der Waals surface area contributed by atoms with Crippen LogP contribution in [0, 0.1) is 5.92 Å². The lowest BCUT2D eigenvalue weighted by Crippen LogP contribution is -2.62. The molecule has 2 fully saturated rings. The number of aromatic nitrogens is 2. The summed E-state index contributed by atoms with van der Waals surface area (Å²) in [6.07, 6.45) is 3.41. The number of fused-ring (bicyclic) bond motifs is 2. The van der Waals surface area contributed by atoms with Gasteiger partial charge >= 0.3 is 0 Å². The van der Waals surface area contributed by atoms with E-state index in [1.54, 1.807) is 23.4 Å². The van der Waals surface area contributed by atoms with Crippen LogP contribution in [0.25, 0.3) is 11.0 Å². The second kappa shape index (κ2) is 5.57. The normalized spacial score (nSPS) is 23.9. The van der Waals surface area contributed by atoms with Crippen LogP contribution in [0.4, 0.5) is 0 Å². The molecule has 2 aromatic heterocycles. The van der Waals surface area contributed by atoms with E-state index in [0.717, 1.165) is 5.39 Å².